The van der Waals surface area contributed by atoms with Crippen molar-refractivity contribution in [3.05, 3.63) is 0 Å². The minimum atomic E-state index is -0.825. The lowest BCUT2D eigenvalue weighted by Crippen LogP contribution is -2.50. The number of carbonyl (C=O) groups excluding carboxylic acids is 2. The van der Waals surface area contributed by atoms with E-state index in [1.54, 1.807) is 0 Å². The predicted octanol–water partition coefficient (Wildman–Crippen LogP) is -2.06. The van der Waals surface area contributed by atoms with Gasteiger partial charge in [-0.05, 0) is 0 Å². The molecule has 0 spiro atoms. The number of carbonyl (C=O) groups is 3. The maximum atomic E-state index is 11.6. The Kier molecular flexibility index (Phi) is 6.96. The number of aliphatic carboxylic acids is 1. The number of nitrogens with one attached hydrogen (secondary N) is 2. The molecule has 0 aromatic heterocycles. The summed E-state index contributed by atoms with van der Waals surface area (Å²) in [5.74, 6) is -1.02. The van der Waals surface area contributed by atoms with E-state index in [4.69, 9.17) is 5.11 Å². The van der Waals surface area contributed by atoms with Crippen molar-refractivity contribution in [3.63, 3.8) is 0 Å². The Morgan fingerprint density at radius 2 is 1.45 bits per heavy atom. The number of carboxylic acid groups (broad SMARTS) is 1. The molecule has 0 atom stereocenters. The van der Waals surface area contributed by atoms with E-state index < -0.39 is 5.97 Å². The van der Waals surface area contributed by atoms with Crippen molar-refractivity contribution in [2.45, 2.75) is 6.92 Å². The number of hydrogen-bond acceptors (Lipinski definition) is 5. The summed E-state index contributed by atoms with van der Waals surface area (Å²) in [5.41, 5.74) is 0. The molecule has 0 bridgehead atoms. The van der Waals surface area contributed by atoms with Gasteiger partial charge in [0.2, 0.25) is 11.8 Å². The Labute approximate surface area is 118 Å². The van der Waals surface area contributed by atoms with Crippen molar-refractivity contribution in [3.8, 4) is 0 Å². The smallest absolute Gasteiger partial charge is 0.317 e. The van der Waals surface area contributed by atoms with Crippen LogP contribution >= 0.6 is 0 Å². The first-order chi connectivity index (χ1) is 9.47. The highest BCUT2D eigenvalue weighted by atomic mass is 16.4. The molecule has 1 aliphatic rings. The molecule has 1 rings (SSSR count). The SMILES string of the molecule is CC(=O)NCCNC(=O)CN1CCN(CC(=O)O)CC1. The molecule has 0 saturated carbocycles. The molecule has 0 radical (unpaired) electrons. The average Bonchev–Trinajstić information content (AvgIpc) is 2.36. The molecule has 8 heteroatoms. The lowest BCUT2D eigenvalue weighted by Gasteiger charge is -2.33. The first-order valence-electron chi connectivity index (χ1n) is 6.65. The van der Waals surface area contributed by atoms with Crippen LogP contribution in [0.15, 0.2) is 0 Å². The van der Waals surface area contributed by atoms with Crippen LogP contribution in [0.5, 0.6) is 0 Å². The number of nitrogens with zero attached hydrogens (tertiary/aromatic N) is 2. The fourth-order valence-corrected chi connectivity index (χ4v) is 2.00. The summed E-state index contributed by atoms with van der Waals surface area (Å²) in [5, 5.41) is 14.0. The van der Waals surface area contributed by atoms with Gasteiger partial charge in [-0.1, -0.05) is 0 Å². The van der Waals surface area contributed by atoms with Crippen molar-refractivity contribution < 1.29 is 19.5 Å². The summed E-state index contributed by atoms with van der Waals surface area (Å²) >= 11 is 0. The maximum absolute atomic E-state index is 11.6. The molecule has 1 fully saturated rings. The summed E-state index contributed by atoms with van der Waals surface area (Å²) in [6.07, 6.45) is 0. The van der Waals surface area contributed by atoms with Gasteiger partial charge in [0.1, 0.15) is 0 Å². The fourth-order valence-electron chi connectivity index (χ4n) is 2.00. The van der Waals surface area contributed by atoms with E-state index in [9.17, 15) is 14.4 Å². The summed E-state index contributed by atoms with van der Waals surface area (Å²) in [7, 11) is 0. The van der Waals surface area contributed by atoms with Gasteiger partial charge in [-0.2, -0.15) is 0 Å². The Morgan fingerprint density at radius 1 is 0.950 bits per heavy atom. The van der Waals surface area contributed by atoms with Gasteiger partial charge in [-0.25, -0.2) is 0 Å². The Balaban J connectivity index is 2.11. The molecule has 1 heterocycles. The number of rotatable bonds is 7. The molecule has 0 aromatic rings. The summed E-state index contributed by atoms with van der Waals surface area (Å²) in [6, 6.07) is 0. The average molecular weight is 286 g/mol. The lowest BCUT2D eigenvalue weighted by molar-refractivity contribution is -0.139. The minimum absolute atomic E-state index is 0.0523. The van der Waals surface area contributed by atoms with Crippen molar-refractivity contribution in [1.29, 1.82) is 0 Å². The minimum Gasteiger partial charge on any atom is -0.480 e. The molecule has 0 aliphatic carbocycles. The van der Waals surface area contributed by atoms with Gasteiger partial charge >= 0.3 is 5.97 Å². The fraction of sp³-hybridized carbons (Fsp3) is 0.750. The van der Waals surface area contributed by atoms with Crippen LogP contribution in [0.25, 0.3) is 0 Å². The highest BCUT2D eigenvalue weighted by Crippen LogP contribution is 2.00. The molecule has 20 heavy (non-hydrogen) atoms. The summed E-state index contributed by atoms with van der Waals surface area (Å²) < 4.78 is 0. The van der Waals surface area contributed by atoms with E-state index in [0.717, 1.165) is 0 Å². The summed E-state index contributed by atoms with van der Waals surface area (Å²) in [6.45, 7) is 5.32. The molecular weight excluding hydrogens is 264 g/mol. The molecule has 1 saturated heterocycles. The Morgan fingerprint density at radius 3 is 1.95 bits per heavy atom. The highest BCUT2D eigenvalue weighted by Gasteiger charge is 2.19. The maximum Gasteiger partial charge on any atom is 0.317 e. The number of piperazine rings is 1. The first kappa shape index (κ1) is 16.4. The van der Waals surface area contributed by atoms with E-state index in [1.165, 1.54) is 6.92 Å². The third-order valence-electron chi connectivity index (χ3n) is 3.01. The number of amides is 2. The third kappa shape index (κ3) is 7.05. The largest absolute Gasteiger partial charge is 0.480 e. The van der Waals surface area contributed by atoms with Crippen LogP contribution in [0.4, 0.5) is 0 Å². The molecule has 0 aromatic carbocycles. The molecule has 8 nitrogen and oxygen atoms in total. The quantitative estimate of drug-likeness (QED) is 0.465. The zero-order chi connectivity index (χ0) is 15.0. The molecule has 1 aliphatic heterocycles. The topological polar surface area (TPSA) is 102 Å². The zero-order valence-corrected chi connectivity index (χ0v) is 11.7. The summed E-state index contributed by atoms with van der Waals surface area (Å²) in [4.78, 5) is 36.7. The monoisotopic (exact) mass is 286 g/mol. The van der Waals surface area contributed by atoms with Crippen LogP contribution in [0, 0.1) is 0 Å². The Hall–Kier alpha value is -1.67. The van der Waals surface area contributed by atoms with E-state index in [2.05, 4.69) is 10.6 Å². The van der Waals surface area contributed by atoms with Crippen LogP contribution in [0.2, 0.25) is 0 Å². The van der Waals surface area contributed by atoms with E-state index in [1.807, 2.05) is 9.80 Å². The number of carboxylic acids is 1. The molecular formula is C12H22N4O4. The Bertz CT molecular complexity index is 353. The van der Waals surface area contributed by atoms with Crippen LogP contribution in [-0.4, -0.2) is 85.0 Å². The van der Waals surface area contributed by atoms with Crippen molar-refractivity contribution in [2.24, 2.45) is 0 Å². The highest BCUT2D eigenvalue weighted by molar-refractivity contribution is 5.78. The van der Waals surface area contributed by atoms with Crippen LogP contribution in [0.3, 0.4) is 0 Å². The van der Waals surface area contributed by atoms with Crippen molar-refractivity contribution >= 4 is 17.8 Å². The molecule has 3 N–H and O–H groups in total. The van der Waals surface area contributed by atoms with Gasteiger partial charge in [0.05, 0.1) is 13.1 Å². The second-order valence-corrected chi connectivity index (χ2v) is 4.78. The van der Waals surface area contributed by atoms with Gasteiger partial charge in [0.25, 0.3) is 0 Å². The van der Waals surface area contributed by atoms with Crippen LogP contribution in [0.1, 0.15) is 6.92 Å². The lowest BCUT2D eigenvalue weighted by atomic mass is 10.3. The van der Waals surface area contributed by atoms with Gasteiger partial charge in [-0.15, -0.1) is 0 Å². The van der Waals surface area contributed by atoms with E-state index in [0.29, 0.717) is 45.8 Å². The second kappa shape index (κ2) is 8.49. The molecule has 2 amide bonds. The molecule has 114 valence electrons. The van der Waals surface area contributed by atoms with Gasteiger partial charge in [0.15, 0.2) is 0 Å². The van der Waals surface area contributed by atoms with Gasteiger partial charge in [-0.3, -0.25) is 24.2 Å². The van der Waals surface area contributed by atoms with Crippen molar-refractivity contribution in [1.82, 2.24) is 20.4 Å². The first-order valence-corrected chi connectivity index (χ1v) is 6.65. The normalized spacial score (nSPS) is 16.6. The zero-order valence-electron chi connectivity index (χ0n) is 11.7. The second-order valence-electron chi connectivity index (χ2n) is 4.78. The van der Waals surface area contributed by atoms with E-state index in [-0.39, 0.29) is 18.4 Å². The third-order valence-corrected chi connectivity index (χ3v) is 3.01. The number of hydrogen-bond donors (Lipinski definition) is 3. The van der Waals surface area contributed by atoms with Crippen LogP contribution < -0.4 is 10.6 Å². The van der Waals surface area contributed by atoms with E-state index >= 15 is 0 Å². The van der Waals surface area contributed by atoms with Gasteiger partial charge < -0.3 is 15.7 Å². The van der Waals surface area contributed by atoms with Gasteiger partial charge in [0, 0.05) is 46.2 Å². The molecule has 0 unspecified atom stereocenters. The van der Waals surface area contributed by atoms with Crippen LogP contribution in [-0.2, 0) is 14.4 Å². The van der Waals surface area contributed by atoms with Crippen molar-refractivity contribution in [2.75, 3.05) is 52.4 Å². The predicted molar refractivity (Wildman–Crippen MR) is 72.2 cm³/mol. The standard InChI is InChI=1S/C12H22N4O4/c1-10(17)13-2-3-14-11(18)8-15-4-6-16(7-5-15)9-12(19)20/h2-9H2,1H3,(H,13,17)(H,14,18)(H,19,20).